The predicted molar refractivity (Wildman–Crippen MR) is 85.6 cm³/mol. The van der Waals surface area contributed by atoms with Crippen molar-refractivity contribution in [1.29, 1.82) is 0 Å². The van der Waals surface area contributed by atoms with E-state index < -0.39 is 0 Å². The Morgan fingerprint density at radius 3 is 2.75 bits per heavy atom. The Morgan fingerprint density at radius 1 is 1.35 bits per heavy atom. The van der Waals surface area contributed by atoms with Crippen molar-refractivity contribution in [2.75, 3.05) is 6.54 Å². The molecule has 2 N–H and O–H groups in total. The third-order valence-corrected chi connectivity index (χ3v) is 6.39. The molecule has 1 saturated carbocycles. The van der Waals surface area contributed by atoms with Crippen LogP contribution in [0.3, 0.4) is 0 Å². The Bertz CT molecular complexity index is 407. The van der Waals surface area contributed by atoms with Crippen LogP contribution in [0.5, 0.6) is 0 Å². The zero-order valence-corrected chi connectivity index (χ0v) is 13.7. The monoisotopic (exact) mass is 293 g/mol. The van der Waals surface area contributed by atoms with Crippen LogP contribution < -0.4 is 5.73 Å². The van der Waals surface area contributed by atoms with Crippen LogP contribution in [0.15, 0.2) is 23.6 Å². The van der Waals surface area contributed by atoms with Crippen molar-refractivity contribution in [2.45, 2.75) is 56.7 Å². The summed E-state index contributed by atoms with van der Waals surface area (Å²) in [6, 6.07) is 0. The van der Waals surface area contributed by atoms with E-state index in [0.29, 0.717) is 16.6 Å². The lowest BCUT2D eigenvalue weighted by Crippen LogP contribution is -2.37. The van der Waals surface area contributed by atoms with E-state index >= 15 is 0 Å². The van der Waals surface area contributed by atoms with Crippen LogP contribution in [0.1, 0.15) is 46.5 Å². The van der Waals surface area contributed by atoms with E-state index in [1.807, 2.05) is 18.0 Å². The molecule has 112 valence electrons. The van der Waals surface area contributed by atoms with Crippen molar-refractivity contribution in [3.8, 4) is 0 Å². The summed E-state index contributed by atoms with van der Waals surface area (Å²) in [5.74, 6) is 1.41. The van der Waals surface area contributed by atoms with Crippen molar-refractivity contribution in [1.82, 2.24) is 9.97 Å². The van der Waals surface area contributed by atoms with Gasteiger partial charge >= 0.3 is 0 Å². The van der Waals surface area contributed by atoms with Gasteiger partial charge in [-0.15, -0.1) is 11.8 Å². The SMILES string of the molecule is CCC(C)(C)C1CCC(CN)C(Sc2cnccn2)C1. The zero-order valence-electron chi connectivity index (χ0n) is 12.9. The van der Waals surface area contributed by atoms with E-state index in [-0.39, 0.29) is 0 Å². The van der Waals surface area contributed by atoms with Crippen LogP contribution in [0.25, 0.3) is 0 Å². The summed E-state index contributed by atoms with van der Waals surface area (Å²) in [7, 11) is 0. The predicted octanol–water partition coefficient (Wildman–Crippen LogP) is 3.75. The van der Waals surface area contributed by atoms with Gasteiger partial charge in [0.05, 0.1) is 6.20 Å². The van der Waals surface area contributed by atoms with Crippen LogP contribution in [0.4, 0.5) is 0 Å². The van der Waals surface area contributed by atoms with Crippen LogP contribution in [-0.2, 0) is 0 Å². The normalized spacial score (nSPS) is 27.5. The molecule has 1 fully saturated rings. The van der Waals surface area contributed by atoms with Crippen LogP contribution in [-0.4, -0.2) is 21.8 Å². The molecule has 1 aliphatic rings. The Balaban J connectivity index is 2.07. The fourth-order valence-corrected chi connectivity index (χ4v) is 4.43. The maximum atomic E-state index is 5.98. The fraction of sp³-hybridized carbons (Fsp3) is 0.750. The summed E-state index contributed by atoms with van der Waals surface area (Å²) in [5.41, 5.74) is 6.42. The average molecular weight is 293 g/mol. The van der Waals surface area contributed by atoms with Gasteiger partial charge in [0.2, 0.25) is 0 Å². The molecule has 0 radical (unpaired) electrons. The smallest absolute Gasteiger partial charge is 0.115 e. The van der Waals surface area contributed by atoms with Crippen molar-refractivity contribution in [3.63, 3.8) is 0 Å². The molecular weight excluding hydrogens is 266 g/mol. The first-order valence-electron chi connectivity index (χ1n) is 7.69. The van der Waals surface area contributed by atoms with Gasteiger partial charge < -0.3 is 5.73 Å². The van der Waals surface area contributed by atoms with Crippen molar-refractivity contribution in [2.24, 2.45) is 23.0 Å². The Kier molecular flexibility index (Phi) is 5.44. The fourth-order valence-electron chi connectivity index (χ4n) is 3.11. The molecule has 4 heteroatoms. The van der Waals surface area contributed by atoms with Crippen molar-refractivity contribution < 1.29 is 0 Å². The first kappa shape index (κ1) is 15.8. The molecule has 20 heavy (non-hydrogen) atoms. The summed E-state index contributed by atoms with van der Waals surface area (Å²) >= 11 is 1.87. The van der Waals surface area contributed by atoms with Crippen LogP contribution in [0, 0.1) is 17.3 Å². The molecule has 0 aliphatic heterocycles. The molecule has 1 aromatic rings. The van der Waals surface area contributed by atoms with Gasteiger partial charge in [-0.25, -0.2) is 4.98 Å². The van der Waals surface area contributed by atoms with E-state index in [1.54, 1.807) is 12.4 Å². The molecule has 0 spiro atoms. The number of rotatable bonds is 5. The first-order valence-corrected chi connectivity index (χ1v) is 8.57. The van der Waals surface area contributed by atoms with Gasteiger partial charge in [-0.2, -0.15) is 0 Å². The minimum atomic E-state index is 0.431. The average Bonchev–Trinajstić information content (AvgIpc) is 2.48. The van der Waals surface area contributed by atoms with Gasteiger partial charge in [0.15, 0.2) is 0 Å². The third kappa shape index (κ3) is 3.73. The largest absolute Gasteiger partial charge is 0.330 e. The highest BCUT2D eigenvalue weighted by Gasteiger charge is 2.37. The summed E-state index contributed by atoms with van der Waals surface area (Å²) in [6.45, 7) is 7.91. The zero-order chi connectivity index (χ0) is 14.6. The molecule has 0 saturated heterocycles. The van der Waals surface area contributed by atoms with E-state index in [0.717, 1.165) is 17.5 Å². The molecule has 3 atom stereocenters. The minimum Gasteiger partial charge on any atom is -0.330 e. The molecular formula is C16H27N3S. The second-order valence-corrected chi connectivity index (χ2v) is 7.81. The molecule has 2 rings (SSSR count). The molecule has 1 aromatic heterocycles. The molecule has 1 aliphatic carbocycles. The number of thioether (sulfide) groups is 1. The number of nitrogens with two attached hydrogens (primary N) is 1. The standard InChI is InChI=1S/C16H27N3S/c1-4-16(2,3)13-6-5-12(10-17)14(9-13)20-15-11-18-7-8-19-15/h7-8,11-14H,4-6,9-10,17H2,1-3H3. The Labute approximate surface area is 127 Å². The first-order chi connectivity index (χ1) is 9.56. The number of hydrogen-bond donors (Lipinski definition) is 1. The quantitative estimate of drug-likeness (QED) is 0.898. The highest BCUT2D eigenvalue weighted by Crippen LogP contribution is 2.46. The topological polar surface area (TPSA) is 51.8 Å². The van der Waals surface area contributed by atoms with E-state index in [4.69, 9.17) is 5.73 Å². The second kappa shape index (κ2) is 6.90. The maximum absolute atomic E-state index is 5.98. The molecule has 0 aromatic carbocycles. The molecule has 3 nitrogen and oxygen atoms in total. The molecule has 1 heterocycles. The highest BCUT2D eigenvalue weighted by atomic mass is 32.2. The lowest BCUT2D eigenvalue weighted by molar-refractivity contribution is 0.134. The maximum Gasteiger partial charge on any atom is 0.115 e. The number of nitrogens with zero attached hydrogens (tertiary/aromatic N) is 2. The van der Waals surface area contributed by atoms with Crippen LogP contribution >= 0.6 is 11.8 Å². The van der Waals surface area contributed by atoms with Gasteiger partial charge in [0.1, 0.15) is 5.03 Å². The van der Waals surface area contributed by atoms with Crippen molar-refractivity contribution in [3.05, 3.63) is 18.6 Å². The van der Waals surface area contributed by atoms with Gasteiger partial charge in [0.25, 0.3) is 0 Å². The van der Waals surface area contributed by atoms with E-state index in [1.165, 1.54) is 25.7 Å². The van der Waals surface area contributed by atoms with Gasteiger partial charge in [-0.1, -0.05) is 27.2 Å². The van der Waals surface area contributed by atoms with Gasteiger partial charge in [-0.3, -0.25) is 4.98 Å². The van der Waals surface area contributed by atoms with E-state index in [2.05, 4.69) is 30.7 Å². The number of hydrogen-bond acceptors (Lipinski definition) is 4. The molecule has 3 unspecified atom stereocenters. The summed E-state index contributed by atoms with van der Waals surface area (Å²) < 4.78 is 0. The highest BCUT2D eigenvalue weighted by molar-refractivity contribution is 7.99. The molecule has 0 bridgehead atoms. The summed E-state index contributed by atoms with van der Waals surface area (Å²) in [6.07, 6.45) is 10.4. The lowest BCUT2D eigenvalue weighted by Gasteiger charge is -2.42. The summed E-state index contributed by atoms with van der Waals surface area (Å²) in [4.78, 5) is 8.58. The van der Waals surface area contributed by atoms with Gasteiger partial charge in [-0.05, 0) is 43.1 Å². The van der Waals surface area contributed by atoms with Crippen LogP contribution in [0.2, 0.25) is 0 Å². The second-order valence-electron chi connectivity index (χ2n) is 6.55. The number of aromatic nitrogens is 2. The lowest BCUT2D eigenvalue weighted by atomic mass is 9.67. The Morgan fingerprint density at radius 2 is 2.15 bits per heavy atom. The minimum absolute atomic E-state index is 0.431. The Hall–Kier alpha value is -0.610. The van der Waals surface area contributed by atoms with Crippen molar-refractivity contribution >= 4 is 11.8 Å². The van der Waals surface area contributed by atoms with E-state index in [9.17, 15) is 0 Å². The van der Waals surface area contributed by atoms with Gasteiger partial charge in [0, 0.05) is 17.6 Å². The third-order valence-electron chi connectivity index (χ3n) is 5.06. The molecule has 0 amide bonds. The summed E-state index contributed by atoms with van der Waals surface area (Å²) in [5, 5.41) is 1.62.